The molecular weight excluding hydrogens is 156 g/mol. The van der Waals surface area contributed by atoms with Gasteiger partial charge in [0.2, 0.25) is 11.8 Å². The average Bonchev–Trinajstić information content (AvgIpc) is 2.04. The fourth-order valence-electron chi connectivity index (χ4n) is 1.17. The van der Waals surface area contributed by atoms with Gasteiger partial charge in [-0.2, -0.15) is 0 Å². The second-order valence-electron chi connectivity index (χ2n) is 3.15. The standard InChI is InChI=1S/C8H14N2O2/c1-5(2)7-8(12-3)9-4-6(11)10-7/h5,7H,4H2,1-3H3,(H,10,11)/t7-/m0/s1. The quantitative estimate of drug-likeness (QED) is 0.610. The fraction of sp³-hybridized carbons (Fsp3) is 0.750. The molecule has 0 bridgehead atoms. The van der Waals surface area contributed by atoms with E-state index in [4.69, 9.17) is 4.74 Å². The monoisotopic (exact) mass is 170 g/mol. The molecule has 0 aromatic rings. The van der Waals surface area contributed by atoms with Crippen LogP contribution in [0.1, 0.15) is 13.8 Å². The predicted octanol–water partition coefficient (Wildman–Crippen LogP) is 0.186. The Morgan fingerprint density at radius 3 is 2.83 bits per heavy atom. The molecule has 0 unspecified atom stereocenters. The summed E-state index contributed by atoms with van der Waals surface area (Å²) in [5.74, 6) is 0.909. The van der Waals surface area contributed by atoms with E-state index in [1.807, 2.05) is 13.8 Å². The predicted molar refractivity (Wildman–Crippen MR) is 46.1 cm³/mol. The van der Waals surface area contributed by atoms with Gasteiger partial charge in [0.05, 0.1) is 7.11 Å². The molecule has 0 saturated carbocycles. The summed E-state index contributed by atoms with van der Waals surface area (Å²) in [6.45, 7) is 4.22. The maximum absolute atomic E-state index is 11.0. The highest BCUT2D eigenvalue weighted by molar-refractivity contribution is 5.93. The number of carbonyl (C=O) groups excluding carboxylic acids is 1. The third-order valence-electron chi connectivity index (χ3n) is 1.84. The molecular formula is C8H14N2O2. The minimum absolute atomic E-state index is 0.0329. The normalized spacial score (nSPS) is 23.5. The lowest BCUT2D eigenvalue weighted by molar-refractivity contribution is -0.120. The van der Waals surface area contributed by atoms with Crippen molar-refractivity contribution in [2.24, 2.45) is 10.9 Å². The average molecular weight is 170 g/mol. The zero-order chi connectivity index (χ0) is 9.14. The van der Waals surface area contributed by atoms with E-state index in [1.54, 1.807) is 7.11 Å². The fourth-order valence-corrected chi connectivity index (χ4v) is 1.17. The highest BCUT2D eigenvalue weighted by atomic mass is 16.5. The molecule has 0 fully saturated rings. The van der Waals surface area contributed by atoms with E-state index in [2.05, 4.69) is 10.3 Å². The molecule has 1 rings (SSSR count). The summed E-state index contributed by atoms with van der Waals surface area (Å²) in [5, 5.41) is 2.82. The second kappa shape index (κ2) is 3.56. The molecule has 4 heteroatoms. The van der Waals surface area contributed by atoms with Crippen molar-refractivity contribution in [2.75, 3.05) is 13.7 Å². The van der Waals surface area contributed by atoms with Crippen LogP contribution in [-0.2, 0) is 9.53 Å². The smallest absolute Gasteiger partial charge is 0.242 e. The number of hydrogen-bond acceptors (Lipinski definition) is 3. The largest absolute Gasteiger partial charge is 0.483 e. The first-order valence-corrected chi connectivity index (χ1v) is 4.03. The molecule has 0 aromatic heterocycles. The minimum Gasteiger partial charge on any atom is -0.483 e. The number of aliphatic imine (C=N–C) groups is 1. The van der Waals surface area contributed by atoms with Gasteiger partial charge in [0, 0.05) is 0 Å². The highest BCUT2D eigenvalue weighted by Gasteiger charge is 2.26. The van der Waals surface area contributed by atoms with E-state index >= 15 is 0 Å². The Kier molecular flexibility index (Phi) is 2.68. The van der Waals surface area contributed by atoms with E-state index in [-0.39, 0.29) is 18.5 Å². The van der Waals surface area contributed by atoms with Crippen LogP contribution in [-0.4, -0.2) is 31.5 Å². The Morgan fingerprint density at radius 2 is 2.33 bits per heavy atom. The van der Waals surface area contributed by atoms with E-state index in [0.29, 0.717) is 11.8 Å². The van der Waals surface area contributed by atoms with Crippen LogP contribution in [0.5, 0.6) is 0 Å². The van der Waals surface area contributed by atoms with E-state index in [0.717, 1.165) is 0 Å². The maximum atomic E-state index is 11.0. The topological polar surface area (TPSA) is 50.7 Å². The molecule has 1 aliphatic rings. The van der Waals surface area contributed by atoms with Crippen LogP contribution < -0.4 is 5.32 Å². The summed E-state index contributed by atoms with van der Waals surface area (Å²) in [5.41, 5.74) is 0. The van der Waals surface area contributed by atoms with Gasteiger partial charge in [-0.3, -0.25) is 4.79 Å². The first-order chi connectivity index (χ1) is 5.65. The van der Waals surface area contributed by atoms with Crippen molar-refractivity contribution in [3.63, 3.8) is 0 Å². The molecule has 0 aromatic carbocycles. The van der Waals surface area contributed by atoms with Gasteiger partial charge in [-0.15, -0.1) is 0 Å². The summed E-state index contributed by atoms with van der Waals surface area (Å²) in [7, 11) is 1.58. The number of nitrogens with one attached hydrogen (secondary N) is 1. The van der Waals surface area contributed by atoms with Gasteiger partial charge in [0.15, 0.2) is 0 Å². The van der Waals surface area contributed by atoms with Gasteiger partial charge in [0.1, 0.15) is 12.6 Å². The SMILES string of the molecule is COC1=NCC(=O)N[C@H]1C(C)C. The molecule has 1 atom stereocenters. The van der Waals surface area contributed by atoms with Crippen LogP contribution in [0.15, 0.2) is 4.99 Å². The summed E-state index contributed by atoms with van der Waals surface area (Å²) < 4.78 is 5.05. The molecule has 1 heterocycles. The Morgan fingerprint density at radius 1 is 1.67 bits per heavy atom. The number of methoxy groups -OCH3 is 1. The number of hydrogen-bond donors (Lipinski definition) is 1. The van der Waals surface area contributed by atoms with Crippen molar-refractivity contribution in [1.82, 2.24) is 5.32 Å². The molecule has 12 heavy (non-hydrogen) atoms. The first kappa shape index (κ1) is 9.03. The van der Waals surface area contributed by atoms with E-state index in [1.165, 1.54) is 0 Å². The van der Waals surface area contributed by atoms with Crippen molar-refractivity contribution in [3.8, 4) is 0 Å². The Balaban J connectivity index is 2.75. The van der Waals surface area contributed by atoms with Gasteiger partial charge < -0.3 is 10.1 Å². The van der Waals surface area contributed by atoms with Crippen LogP contribution in [0.3, 0.4) is 0 Å². The lowest BCUT2D eigenvalue weighted by Crippen LogP contribution is -2.49. The van der Waals surface area contributed by atoms with Crippen LogP contribution in [0, 0.1) is 5.92 Å². The van der Waals surface area contributed by atoms with Crippen molar-refractivity contribution in [3.05, 3.63) is 0 Å². The lowest BCUT2D eigenvalue weighted by atomic mass is 10.0. The molecule has 68 valence electrons. The van der Waals surface area contributed by atoms with Crippen LogP contribution in [0.4, 0.5) is 0 Å². The van der Waals surface area contributed by atoms with Crippen molar-refractivity contribution in [2.45, 2.75) is 19.9 Å². The number of carbonyl (C=O) groups is 1. The number of nitrogens with zero attached hydrogens (tertiary/aromatic N) is 1. The van der Waals surface area contributed by atoms with Crippen LogP contribution in [0.25, 0.3) is 0 Å². The van der Waals surface area contributed by atoms with Crippen LogP contribution >= 0.6 is 0 Å². The third kappa shape index (κ3) is 1.75. The second-order valence-corrected chi connectivity index (χ2v) is 3.15. The molecule has 0 spiro atoms. The van der Waals surface area contributed by atoms with Gasteiger partial charge in [0.25, 0.3) is 0 Å². The molecule has 0 saturated heterocycles. The van der Waals surface area contributed by atoms with Crippen LogP contribution in [0.2, 0.25) is 0 Å². The molecule has 1 aliphatic heterocycles. The molecule has 1 N–H and O–H groups in total. The number of amides is 1. The Bertz CT molecular complexity index is 211. The summed E-state index contributed by atoms with van der Waals surface area (Å²) in [4.78, 5) is 15.0. The maximum Gasteiger partial charge on any atom is 0.242 e. The number of ether oxygens (including phenoxy) is 1. The van der Waals surface area contributed by atoms with E-state index < -0.39 is 0 Å². The molecule has 1 amide bonds. The highest BCUT2D eigenvalue weighted by Crippen LogP contribution is 2.07. The van der Waals surface area contributed by atoms with E-state index in [9.17, 15) is 4.79 Å². The van der Waals surface area contributed by atoms with Gasteiger partial charge in [-0.1, -0.05) is 13.8 Å². The molecule has 0 radical (unpaired) electrons. The van der Waals surface area contributed by atoms with Crippen molar-refractivity contribution in [1.29, 1.82) is 0 Å². The van der Waals surface area contributed by atoms with Gasteiger partial charge in [-0.25, -0.2) is 4.99 Å². The summed E-state index contributed by atoms with van der Waals surface area (Å²) >= 11 is 0. The summed E-state index contributed by atoms with van der Waals surface area (Å²) in [6.07, 6.45) is 0. The molecule has 4 nitrogen and oxygen atoms in total. The lowest BCUT2D eigenvalue weighted by Gasteiger charge is -2.25. The Labute approximate surface area is 72.0 Å². The number of rotatable bonds is 1. The molecule has 0 aliphatic carbocycles. The zero-order valence-corrected chi connectivity index (χ0v) is 7.63. The van der Waals surface area contributed by atoms with Crippen molar-refractivity contribution < 1.29 is 9.53 Å². The zero-order valence-electron chi connectivity index (χ0n) is 7.63. The minimum atomic E-state index is -0.0590. The van der Waals surface area contributed by atoms with Gasteiger partial charge >= 0.3 is 0 Å². The summed E-state index contributed by atoms with van der Waals surface area (Å²) in [6, 6.07) is -0.0590. The first-order valence-electron chi connectivity index (χ1n) is 4.03. The Hall–Kier alpha value is -1.06. The third-order valence-corrected chi connectivity index (χ3v) is 1.84. The van der Waals surface area contributed by atoms with Crippen molar-refractivity contribution >= 4 is 11.8 Å². The van der Waals surface area contributed by atoms with Gasteiger partial charge in [-0.05, 0) is 5.92 Å².